The highest BCUT2D eigenvalue weighted by Gasteiger charge is 2.11. The highest BCUT2D eigenvalue weighted by Crippen LogP contribution is 2.30. The molecule has 0 radical (unpaired) electrons. The number of nitrogens with zero attached hydrogens (tertiary/aromatic N) is 1. The predicted octanol–water partition coefficient (Wildman–Crippen LogP) is 3.03. The number of hydrogen-bond acceptors (Lipinski definition) is 5. The van der Waals surface area contributed by atoms with E-state index in [4.69, 9.17) is 14.0 Å². The van der Waals surface area contributed by atoms with Gasteiger partial charge in [0, 0.05) is 12.6 Å². The summed E-state index contributed by atoms with van der Waals surface area (Å²) in [6.45, 7) is 6.55. The van der Waals surface area contributed by atoms with Gasteiger partial charge in [-0.3, -0.25) is 4.79 Å². The minimum atomic E-state index is -0.129. The van der Waals surface area contributed by atoms with Gasteiger partial charge in [-0.05, 0) is 44.5 Å². The molecule has 0 atom stereocenters. The lowest BCUT2D eigenvalue weighted by atomic mass is 10.2. The molecule has 1 amide bonds. The van der Waals surface area contributed by atoms with Crippen molar-refractivity contribution in [3.63, 3.8) is 0 Å². The van der Waals surface area contributed by atoms with Gasteiger partial charge >= 0.3 is 0 Å². The number of ether oxygens (including phenoxy) is 2. The SMILES string of the molecule is CCNC(=O)C=Cc1ccc(OCc2c(C)noc2C)c(OC)c1. The van der Waals surface area contributed by atoms with Gasteiger partial charge in [0.2, 0.25) is 5.91 Å². The summed E-state index contributed by atoms with van der Waals surface area (Å²) < 4.78 is 16.3. The summed E-state index contributed by atoms with van der Waals surface area (Å²) in [6, 6.07) is 5.49. The fourth-order valence-corrected chi connectivity index (χ4v) is 2.17. The van der Waals surface area contributed by atoms with Crippen molar-refractivity contribution in [1.82, 2.24) is 10.5 Å². The van der Waals surface area contributed by atoms with Crippen molar-refractivity contribution in [2.75, 3.05) is 13.7 Å². The first-order chi connectivity index (χ1) is 11.5. The smallest absolute Gasteiger partial charge is 0.243 e. The highest BCUT2D eigenvalue weighted by molar-refractivity contribution is 5.91. The normalized spacial score (nSPS) is 10.8. The number of aryl methyl sites for hydroxylation is 2. The molecule has 0 fully saturated rings. The van der Waals surface area contributed by atoms with Crippen LogP contribution in [0.3, 0.4) is 0 Å². The number of amides is 1. The Morgan fingerprint density at radius 1 is 1.33 bits per heavy atom. The Morgan fingerprint density at radius 2 is 2.12 bits per heavy atom. The summed E-state index contributed by atoms with van der Waals surface area (Å²) in [5, 5.41) is 6.61. The number of hydrogen-bond donors (Lipinski definition) is 1. The summed E-state index contributed by atoms with van der Waals surface area (Å²) in [4.78, 5) is 11.5. The Bertz CT molecular complexity index is 715. The Morgan fingerprint density at radius 3 is 2.75 bits per heavy atom. The Balaban J connectivity index is 2.10. The molecule has 0 unspecified atom stereocenters. The molecule has 0 aliphatic heterocycles. The molecule has 0 aliphatic carbocycles. The zero-order chi connectivity index (χ0) is 17.5. The second kappa shape index (κ2) is 8.19. The van der Waals surface area contributed by atoms with Crippen molar-refractivity contribution in [2.24, 2.45) is 0 Å². The van der Waals surface area contributed by atoms with Crippen LogP contribution in [-0.2, 0) is 11.4 Å². The van der Waals surface area contributed by atoms with Crippen molar-refractivity contribution in [1.29, 1.82) is 0 Å². The molecule has 0 saturated heterocycles. The highest BCUT2D eigenvalue weighted by atomic mass is 16.5. The third kappa shape index (κ3) is 4.38. The summed E-state index contributed by atoms with van der Waals surface area (Å²) >= 11 is 0. The van der Waals surface area contributed by atoms with E-state index < -0.39 is 0 Å². The number of nitrogens with one attached hydrogen (secondary N) is 1. The fraction of sp³-hybridized carbons (Fsp3) is 0.333. The standard InChI is InChI=1S/C18H22N2O4/c1-5-19-18(21)9-7-14-6-8-16(17(10-14)22-4)23-11-15-12(2)20-24-13(15)3/h6-10H,5,11H2,1-4H3,(H,19,21). The van der Waals surface area contributed by atoms with Gasteiger partial charge in [-0.25, -0.2) is 0 Å². The van der Waals surface area contributed by atoms with Gasteiger partial charge in [-0.1, -0.05) is 11.2 Å². The monoisotopic (exact) mass is 330 g/mol. The van der Waals surface area contributed by atoms with Gasteiger partial charge in [0.05, 0.1) is 18.4 Å². The molecule has 0 aliphatic rings. The third-order valence-electron chi connectivity index (χ3n) is 3.52. The van der Waals surface area contributed by atoms with E-state index in [9.17, 15) is 4.79 Å². The topological polar surface area (TPSA) is 73.6 Å². The average Bonchev–Trinajstić information content (AvgIpc) is 2.90. The molecule has 2 aromatic rings. The lowest BCUT2D eigenvalue weighted by molar-refractivity contribution is -0.116. The number of aromatic nitrogens is 1. The van der Waals surface area contributed by atoms with E-state index in [0.717, 1.165) is 22.6 Å². The molecule has 1 N–H and O–H groups in total. The van der Waals surface area contributed by atoms with Crippen molar-refractivity contribution in [2.45, 2.75) is 27.4 Å². The third-order valence-corrected chi connectivity index (χ3v) is 3.52. The van der Waals surface area contributed by atoms with E-state index in [1.54, 1.807) is 13.2 Å². The maximum Gasteiger partial charge on any atom is 0.243 e. The van der Waals surface area contributed by atoms with Gasteiger partial charge in [-0.15, -0.1) is 0 Å². The molecule has 6 heteroatoms. The number of benzene rings is 1. The average molecular weight is 330 g/mol. The second-order valence-corrected chi connectivity index (χ2v) is 5.23. The first kappa shape index (κ1) is 17.6. The Kier molecular flexibility index (Phi) is 6.01. The number of carbonyl (C=O) groups is 1. The van der Waals surface area contributed by atoms with Crippen LogP contribution in [0.4, 0.5) is 0 Å². The van der Waals surface area contributed by atoms with E-state index in [1.165, 1.54) is 6.08 Å². The van der Waals surface area contributed by atoms with Crippen molar-refractivity contribution in [3.05, 3.63) is 46.9 Å². The Hall–Kier alpha value is -2.76. The minimum absolute atomic E-state index is 0.129. The molecule has 1 heterocycles. The Labute approximate surface area is 141 Å². The van der Waals surface area contributed by atoms with Gasteiger partial charge in [-0.2, -0.15) is 0 Å². The van der Waals surface area contributed by atoms with Crippen LogP contribution in [0, 0.1) is 13.8 Å². The van der Waals surface area contributed by atoms with Crippen molar-refractivity contribution >= 4 is 12.0 Å². The summed E-state index contributed by atoms with van der Waals surface area (Å²) in [6.07, 6.45) is 3.22. The summed E-state index contributed by atoms with van der Waals surface area (Å²) in [7, 11) is 1.58. The van der Waals surface area contributed by atoms with Gasteiger partial charge in [0.25, 0.3) is 0 Å². The number of rotatable bonds is 7. The van der Waals surface area contributed by atoms with Crippen LogP contribution in [0.25, 0.3) is 6.08 Å². The van der Waals surface area contributed by atoms with E-state index in [1.807, 2.05) is 39.0 Å². The quantitative estimate of drug-likeness (QED) is 0.790. The minimum Gasteiger partial charge on any atom is -0.493 e. The molecule has 1 aromatic heterocycles. The van der Waals surface area contributed by atoms with E-state index >= 15 is 0 Å². The van der Waals surface area contributed by atoms with Crippen LogP contribution in [0.5, 0.6) is 11.5 Å². The van der Waals surface area contributed by atoms with Crippen LogP contribution >= 0.6 is 0 Å². The number of methoxy groups -OCH3 is 1. The lowest BCUT2D eigenvalue weighted by Crippen LogP contribution is -2.19. The zero-order valence-corrected chi connectivity index (χ0v) is 14.4. The number of carbonyl (C=O) groups excluding carboxylic acids is 1. The molecule has 6 nitrogen and oxygen atoms in total. The molecule has 0 spiro atoms. The molecular formula is C18H22N2O4. The van der Waals surface area contributed by atoms with Crippen LogP contribution in [0.15, 0.2) is 28.8 Å². The van der Waals surface area contributed by atoms with Crippen LogP contribution in [-0.4, -0.2) is 24.7 Å². The number of likely N-dealkylation sites (N-methyl/N-ethyl adjacent to an activating group) is 1. The maximum absolute atomic E-state index is 11.5. The molecule has 24 heavy (non-hydrogen) atoms. The molecular weight excluding hydrogens is 308 g/mol. The predicted molar refractivity (Wildman–Crippen MR) is 91.0 cm³/mol. The molecule has 0 bridgehead atoms. The largest absolute Gasteiger partial charge is 0.493 e. The molecule has 1 aromatic carbocycles. The molecule has 2 rings (SSSR count). The first-order valence-electron chi connectivity index (χ1n) is 7.73. The lowest BCUT2D eigenvalue weighted by Gasteiger charge is -2.11. The molecule has 0 saturated carbocycles. The van der Waals surface area contributed by atoms with Gasteiger partial charge in [0.15, 0.2) is 11.5 Å². The van der Waals surface area contributed by atoms with Crippen LogP contribution in [0.1, 0.15) is 29.5 Å². The zero-order valence-electron chi connectivity index (χ0n) is 14.4. The van der Waals surface area contributed by atoms with Crippen LogP contribution in [0.2, 0.25) is 0 Å². The maximum atomic E-state index is 11.5. The van der Waals surface area contributed by atoms with Crippen molar-refractivity contribution in [3.8, 4) is 11.5 Å². The molecule has 128 valence electrons. The fourth-order valence-electron chi connectivity index (χ4n) is 2.17. The van der Waals surface area contributed by atoms with E-state index in [0.29, 0.717) is 24.7 Å². The van der Waals surface area contributed by atoms with E-state index in [-0.39, 0.29) is 5.91 Å². The van der Waals surface area contributed by atoms with Gasteiger partial charge < -0.3 is 19.3 Å². The summed E-state index contributed by atoms with van der Waals surface area (Å²) in [5.41, 5.74) is 2.59. The van der Waals surface area contributed by atoms with Crippen LogP contribution < -0.4 is 14.8 Å². The van der Waals surface area contributed by atoms with Crippen molar-refractivity contribution < 1.29 is 18.8 Å². The first-order valence-corrected chi connectivity index (χ1v) is 7.73. The summed E-state index contributed by atoms with van der Waals surface area (Å²) in [5.74, 6) is 1.83. The van der Waals surface area contributed by atoms with E-state index in [2.05, 4.69) is 10.5 Å². The second-order valence-electron chi connectivity index (χ2n) is 5.23. The van der Waals surface area contributed by atoms with Gasteiger partial charge in [0.1, 0.15) is 12.4 Å².